The number of nitrogens with zero attached hydrogens (tertiary/aromatic N) is 1. The lowest BCUT2D eigenvalue weighted by Gasteiger charge is -2.39. The molecule has 3 nitrogen and oxygen atoms in total. The van der Waals surface area contributed by atoms with Gasteiger partial charge in [-0.2, -0.15) is 0 Å². The van der Waals surface area contributed by atoms with Gasteiger partial charge in [0.25, 0.3) is 5.91 Å². The Balaban J connectivity index is 1.76. The molecule has 0 bridgehead atoms. The van der Waals surface area contributed by atoms with Crippen molar-refractivity contribution in [3.05, 3.63) is 105 Å². The maximum Gasteiger partial charge on any atom is 0.262 e. The Labute approximate surface area is 189 Å². The summed E-state index contributed by atoms with van der Waals surface area (Å²) in [4.78, 5) is 15.8. The van der Waals surface area contributed by atoms with Gasteiger partial charge in [0.1, 0.15) is 6.17 Å². The fourth-order valence-electron chi connectivity index (χ4n) is 4.29. The minimum atomic E-state index is -0.281. The lowest BCUT2D eigenvalue weighted by Crippen LogP contribution is -2.43. The first-order valence-corrected chi connectivity index (χ1v) is 11.1. The van der Waals surface area contributed by atoms with Gasteiger partial charge in [-0.3, -0.25) is 9.69 Å². The number of hydrogen-bond acceptors (Lipinski definition) is 2. The SMILES string of the molecule is Cc1ccc(C2Nc3ccc(I)cc3C(=O)N2c2cccc3ccccc23)c(C)c1. The number of nitrogens with one attached hydrogen (secondary N) is 1. The van der Waals surface area contributed by atoms with Gasteiger partial charge in [-0.1, -0.05) is 60.2 Å². The highest BCUT2D eigenvalue weighted by Gasteiger charge is 2.35. The lowest BCUT2D eigenvalue weighted by molar-refractivity contribution is 0.0975. The molecule has 30 heavy (non-hydrogen) atoms. The van der Waals surface area contributed by atoms with Crippen molar-refractivity contribution in [3.63, 3.8) is 0 Å². The van der Waals surface area contributed by atoms with Crippen molar-refractivity contribution in [3.8, 4) is 0 Å². The number of rotatable bonds is 2. The van der Waals surface area contributed by atoms with Gasteiger partial charge in [0.05, 0.1) is 11.3 Å². The molecule has 148 valence electrons. The monoisotopic (exact) mass is 504 g/mol. The quantitative estimate of drug-likeness (QED) is 0.304. The number of aryl methyl sites for hydroxylation is 2. The molecule has 0 saturated carbocycles. The third-order valence-electron chi connectivity index (χ3n) is 5.73. The minimum Gasteiger partial charge on any atom is -0.360 e. The van der Waals surface area contributed by atoms with E-state index in [-0.39, 0.29) is 12.1 Å². The van der Waals surface area contributed by atoms with Gasteiger partial charge in [-0.25, -0.2) is 0 Å². The number of fused-ring (bicyclic) bond motifs is 2. The summed E-state index contributed by atoms with van der Waals surface area (Å²) in [6.45, 7) is 4.20. The Morgan fingerprint density at radius 2 is 1.70 bits per heavy atom. The molecule has 5 rings (SSSR count). The second-order valence-electron chi connectivity index (χ2n) is 7.77. The van der Waals surface area contributed by atoms with Crippen LogP contribution < -0.4 is 10.2 Å². The zero-order chi connectivity index (χ0) is 20.8. The molecule has 0 spiro atoms. The summed E-state index contributed by atoms with van der Waals surface area (Å²) in [7, 11) is 0. The second-order valence-corrected chi connectivity index (χ2v) is 9.02. The number of carbonyl (C=O) groups is 1. The minimum absolute atomic E-state index is 0.0172. The molecule has 0 aliphatic carbocycles. The average molecular weight is 504 g/mol. The molecular weight excluding hydrogens is 483 g/mol. The van der Waals surface area contributed by atoms with Crippen LogP contribution in [0, 0.1) is 17.4 Å². The number of carbonyl (C=O) groups excluding carboxylic acids is 1. The van der Waals surface area contributed by atoms with Crippen LogP contribution in [0.4, 0.5) is 11.4 Å². The molecule has 1 amide bonds. The Kier molecular flexibility index (Phi) is 4.74. The molecule has 4 aromatic rings. The van der Waals surface area contributed by atoms with E-state index in [0.717, 1.165) is 31.3 Å². The summed E-state index contributed by atoms with van der Waals surface area (Å²) in [5.41, 5.74) is 5.98. The van der Waals surface area contributed by atoms with Crippen molar-refractivity contribution in [1.82, 2.24) is 0 Å². The highest BCUT2D eigenvalue weighted by molar-refractivity contribution is 14.1. The Hall–Kier alpha value is -2.86. The van der Waals surface area contributed by atoms with Gasteiger partial charge >= 0.3 is 0 Å². The van der Waals surface area contributed by atoms with Crippen LogP contribution in [-0.2, 0) is 0 Å². The highest BCUT2D eigenvalue weighted by Crippen LogP contribution is 2.40. The van der Waals surface area contributed by atoms with Crippen molar-refractivity contribution in [2.45, 2.75) is 20.0 Å². The molecule has 1 N–H and O–H groups in total. The summed E-state index contributed by atoms with van der Waals surface area (Å²) < 4.78 is 1.05. The van der Waals surface area contributed by atoms with Crippen molar-refractivity contribution in [2.24, 2.45) is 0 Å². The summed E-state index contributed by atoms with van der Waals surface area (Å²) in [5.74, 6) is 0.0172. The van der Waals surface area contributed by atoms with Crippen molar-refractivity contribution >= 4 is 50.6 Å². The van der Waals surface area contributed by atoms with Gasteiger partial charge in [-0.15, -0.1) is 0 Å². The average Bonchev–Trinajstić information content (AvgIpc) is 2.74. The number of benzene rings is 4. The fourth-order valence-corrected chi connectivity index (χ4v) is 4.79. The number of anilines is 2. The van der Waals surface area contributed by atoms with E-state index in [1.54, 1.807) is 0 Å². The Morgan fingerprint density at radius 1 is 0.900 bits per heavy atom. The molecule has 4 aromatic carbocycles. The zero-order valence-electron chi connectivity index (χ0n) is 16.8. The smallest absolute Gasteiger partial charge is 0.262 e. The van der Waals surface area contributed by atoms with Crippen LogP contribution in [0.3, 0.4) is 0 Å². The van der Waals surface area contributed by atoms with E-state index < -0.39 is 0 Å². The molecule has 1 aliphatic heterocycles. The first kappa shape index (κ1) is 19.1. The standard InChI is InChI=1S/C26H21IN2O/c1-16-10-12-20(17(2)14-16)25-28-23-13-11-19(27)15-22(23)26(30)29(25)24-9-5-7-18-6-3-4-8-21(18)24/h3-15,25,28H,1-2H3. The molecule has 1 atom stereocenters. The normalized spacial score (nSPS) is 15.8. The molecule has 0 aromatic heterocycles. The van der Waals surface area contributed by atoms with E-state index in [0.29, 0.717) is 5.56 Å². The molecule has 1 unspecified atom stereocenters. The molecule has 4 heteroatoms. The summed E-state index contributed by atoms with van der Waals surface area (Å²) in [6.07, 6.45) is -0.281. The number of halogens is 1. The van der Waals surface area contributed by atoms with Crippen molar-refractivity contribution < 1.29 is 4.79 Å². The van der Waals surface area contributed by atoms with E-state index in [4.69, 9.17) is 0 Å². The predicted molar refractivity (Wildman–Crippen MR) is 132 cm³/mol. The van der Waals surface area contributed by atoms with E-state index in [9.17, 15) is 4.79 Å². The first-order chi connectivity index (χ1) is 14.5. The molecule has 1 aliphatic rings. The van der Waals surface area contributed by atoms with E-state index in [2.05, 4.69) is 78.2 Å². The van der Waals surface area contributed by atoms with E-state index >= 15 is 0 Å². The summed E-state index contributed by atoms with van der Waals surface area (Å²) >= 11 is 2.26. The molecule has 0 saturated heterocycles. The van der Waals surface area contributed by atoms with Crippen LogP contribution in [0.1, 0.15) is 33.2 Å². The van der Waals surface area contributed by atoms with E-state index in [1.165, 1.54) is 11.1 Å². The molecule has 0 radical (unpaired) electrons. The maximum absolute atomic E-state index is 13.9. The van der Waals surface area contributed by atoms with Crippen LogP contribution >= 0.6 is 22.6 Å². The molecule has 1 heterocycles. The van der Waals surface area contributed by atoms with Gasteiger partial charge in [0.15, 0.2) is 0 Å². The third kappa shape index (κ3) is 3.16. The maximum atomic E-state index is 13.9. The second kappa shape index (κ2) is 7.43. The first-order valence-electron chi connectivity index (χ1n) is 9.97. The van der Waals surface area contributed by atoms with Crippen molar-refractivity contribution in [2.75, 3.05) is 10.2 Å². The van der Waals surface area contributed by atoms with Crippen LogP contribution in [0.25, 0.3) is 10.8 Å². The van der Waals surface area contributed by atoms with Gasteiger partial charge in [0.2, 0.25) is 0 Å². The molecule has 0 fully saturated rings. The Bertz CT molecular complexity index is 1290. The van der Waals surface area contributed by atoms with E-state index in [1.807, 2.05) is 47.4 Å². The highest BCUT2D eigenvalue weighted by atomic mass is 127. The summed E-state index contributed by atoms with van der Waals surface area (Å²) in [6, 6.07) is 26.8. The van der Waals surface area contributed by atoms with Gasteiger partial charge in [0, 0.05) is 14.6 Å². The van der Waals surface area contributed by atoms with Crippen molar-refractivity contribution in [1.29, 1.82) is 0 Å². The number of amides is 1. The third-order valence-corrected chi connectivity index (χ3v) is 6.40. The lowest BCUT2D eigenvalue weighted by atomic mass is 9.97. The Morgan fingerprint density at radius 3 is 2.53 bits per heavy atom. The predicted octanol–water partition coefficient (Wildman–Crippen LogP) is 6.83. The van der Waals surface area contributed by atoms with Gasteiger partial charge < -0.3 is 5.32 Å². The van der Waals surface area contributed by atoms with Crippen LogP contribution in [-0.4, -0.2) is 5.91 Å². The van der Waals surface area contributed by atoms with Crippen LogP contribution in [0.2, 0.25) is 0 Å². The number of hydrogen-bond donors (Lipinski definition) is 1. The fraction of sp³-hybridized carbons (Fsp3) is 0.115. The van der Waals surface area contributed by atoms with Crippen LogP contribution in [0.15, 0.2) is 78.9 Å². The topological polar surface area (TPSA) is 32.3 Å². The summed E-state index contributed by atoms with van der Waals surface area (Å²) in [5, 5.41) is 5.84. The zero-order valence-corrected chi connectivity index (χ0v) is 19.0. The van der Waals surface area contributed by atoms with Gasteiger partial charge in [-0.05, 0) is 77.2 Å². The molecular formula is C26H21IN2O. The largest absolute Gasteiger partial charge is 0.360 e. The van der Waals surface area contributed by atoms with Crippen LogP contribution in [0.5, 0.6) is 0 Å².